The van der Waals surface area contributed by atoms with Crippen LogP contribution in [0.2, 0.25) is 0 Å². The van der Waals surface area contributed by atoms with E-state index in [9.17, 15) is 13.6 Å². The van der Waals surface area contributed by atoms with Crippen molar-refractivity contribution in [1.29, 1.82) is 0 Å². The van der Waals surface area contributed by atoms with Gasteiger partial charge in [-0.1, -0.05) is 24.3 Å². The van der Waals surface area contributed by atoms with Gasteiger partial charge in [0.2, 0.25) is 0 Å². The minimum atomic E-state index is -2.63. The Morgan fingerprint density at radius 2 is 2.18 bits per heavy atom. The van der Waals surface area contributed by atoms with Gasteiger partial charge >= 0.3 is 0 Å². The fourth-order valence-corrected chi connectivity index (χ4v) is 3.34. The molecule has 0 bridgehead atoms. The maximum Gasteiger partial charge on any atom is 0.252 e. The van der Waals surface area contributed by atoms with Gasteiger partial charge in [-0.15, -0.1) is 0 Å². The highest BCUT2D eigenvalue weighted by Gasteiger charge is 2.31. The van der Waals surface area contributed by atoms with E-state index >= 15 is 0 Å². The lowest BCUT2D eigenvalue weighted by Crippen LogP contribution is -2.25. The smallest absolute Gasteiger partial charge is 0.252 e. The van der Waals surface area contributed by atoms with E-state index in [-0.39, 0.29) is 18.7 Å². The first-order valence-electron chi connectivity index (χ1n) is 9.14. The van der Waals surface area contributed by atoms with Gasteiger partial charge in [0.05, 0.1) is 17.3 Å². The van der Waals surface area contributed by atoms with Crippen molar-refractivity contribution in [2.45, 2.75) is 31.6 Å². The van der Waals surface area contributed by atoms with E-state index in [1.807, 2.05) is 18.2 Å². The van der Waals surface area contributed by atoms with Crippen molar-refractivity contribution < 1.29 is 18.0 Å². The maximum absolute atomic E-state index is 13.4. The molecular weight excluding hydrogens is 364 g/mol. The number of alkyl halides is 2. The number of fused-ring (bicyclic) bond motifs is 1. The van der Waals surface area contributed by atoms with E-state index in [1.54, 1.807) is 18.3 Å². The zero-order chi connectivity index (χ0) is 19.6. The van der Waals surface area contributed by atoms with Crippen LogP contribution in [0.3, 0.4) is 0 Å². The fourth-order valence-electron chi connectivity index (χ4n) is 3.34. The molecule has 0 spiro atoms. The summed E-state index contributed by atoms with van der Waals surface area (Å²) >= 11 is 0. The number of carbonyl (C=O) groups is 1. The summed E-state index contributed by atoms with van der Waals surface area (Å²) in [6, 6.07) is 7.38. The molecule has 1 aliphatic carbocycles. The topological polar surface area (TPSA) is 68.0 Å². The molecule has 0 fully saturated rings. The number of pyridine rings is 1. The molecule has 4 rings (SSSR count). The van der Waals surface area contributed by atoms with Gasteiger partial charge in [-0.25, -0.2) is 13.8 Å². The first-order chi connectivity index (χ1) is 13.5. The van der Waals surface area contributed by atoms with E-state index in [4.69, 9.17) is 4.42 Å². The van der Waals surface area contributed by atoms with Crippen molar-refractivity contribution >= 4 is 22.4 Å². The molecule has 1 N–H and O–H groups in total. The number of halogens is 2. The molecule has 2 heterocycles. The molecule has 7 heteroatoms. The molecule has 0 atom stereocenters. The first kappa shape index (κ1) is 18.3. The van der Waals surface area contributed by atoms with E-state index in [2.05, 4.69) is 15.3 Å². The number of rotatable bonds is 5. The number of para-hydroxylation sites is 1. The van der Waals surface area contributed by atoms with Gasteiger partial charge in [0.15, 0.2) is 5.89 Å². The summed E-state index contributed by atoms with van der Waals surface area (Å²) in [5, 5.41) is 3.62. The number of amides is 1. The second-order valence-corrected chi connectivity index (χ2v) is 6.82. The Hall–Kier alpha value is -3.09. The normalized spacial score (nSPS) is 16.0. The summed E-state index contributed by atoms with van der Waals surface area (Å²) in [7, 11) is 0. The van der Waals surface area contributed by atoms with Crippen LogP contribution in [-0.2, 0) is 6.42 Å². The number of nitrogens with one attached hydrogen (secondary N) is 1. The number of benzene rings is 1. The van der Waals surface area contributed by atoms with Crippen molar-refractivity contribution in [2.24, 2.45) is 0 Å². The summed E-state index contributed by atoms with van der Waals surface area (Å²) in [6.07, 6.45) is 6.59. The third-order valence-electron chi connectivity index (χ3n) is 4.83. The predicted octanol–water partition coefficient (Wildman–Crippen LogP) is 4.40. The highest BCUT2D eigenvalue weighted by molar-refractivity contribution is 5.99. The van der Waals surface area contributed by atoms with E-state index in [0.29, 0.717) is 30.8 Å². The molecule has 5 nitrogen and oxygen atoms in total. The number of nitrogens with zero attached hydrogens (tertiary/aromatic N) is 2. The molecule has 0 radical (unpaired) electrons. The molecule has 0 saturated heterocycles. The molecule has 1 aliphatic rings. The van der Waals surface area contributed by atoms with Crippen molar-refractivity contribution in [3.63, 3.8) is 0 Å². The van der Waals surface area contributed by atoms with Crippen LogP contribution in [0.15, 0.2) is 53.4 Å². The molecule has 0 aliphatic heterocycles. The Kier molecular flexibility index (Phi) is 4.90. The van der Waals surface area contributed by atoms with Gasteiger partial charge in [0, 0.05) is 43.0 Å². The van der Waals surface area contributed by atoms with Gasteiger partial charge in [-0.2, -0.15) is 0 Å². The molecular formula is C21H19F2N3O2. The molecule has 2 aromatic heterocycles. The second-order valence-electron chi connectivity index (χ2n) is 6.82. The Morgan fingerprint density at radius 3 is 2.93 bits per heavy atom. The number of hydrogen-bond acceptors (Lipinski definition) is 4. The molecule has 3 aromatic rings. The van der Waals surface area contributed by atoms with Gasteiger partial charge in [-0.05, 0) is 18.1 Å². The number of oxazole rings is 1. The standard InChI is InChI=1S/C21H19F2N3O2/c22-21(23)7-4-14(5-8-21)17-3-1-2-15-12-16(13-26-19(15)17)20(27)25-9-6-18-24-10-11-28-18/h1-4,10-13H,5-9H2,(H,25,27). The van der Waals surface area contributed by atoms with E-state index in [0.717, 1.165) is 22.0 Å². The average molecular weight is 383 g/mol. The Labute approximate surface area is 160 Å². The summed E-state index contributed by atoms with van der Waals surface area (Å²) in [6.45, 7) is 0.401. The van der Waals surface area contributed by atoms with E-state index < -0.39 is 5.92 Å². The van der Waals surface area contributed by atoms with Gasteiger partial charge in [0.1, 0.15) is 6.26 Å². The molecule has 144 valence electrons. The number of aromatic nitrogens is 2. The maximum atomic E-state index is 13.4. The Bertz CT molecular complexity index is 1030. The van der Waals surface area contributed by atoms with Crippen LogP contribution in [0.1, 0.15) is 41.1 Å². The molecule has 0 saturated carbocycles. The van der Waals surface area contributed by atoms with Gasteiger partial charge in [-0.3, -0.25) is 9.78 Å². The minimum Gasteiger partial charge on any atom is -0.449 e. The number of allylic oxidation sites excluding steroid dienone is 2. The Balaban J connectivity index is 1.52. The number of carbonyl (C=O) groups excluding carboxylic acids is 1. The van der Waals surface area contributed by atoms with Gasteiger partial charge in [0.25, 0.3) is 11.8 Å². The van der Waals surface area contributed by atoms with Crippen molar-refractivity contribution in [3.05, 3.63) is 66.0 Å². The summed E-state index contributed by atoms with van der Waals surface area (Å²) in [4.78, 5) is 20.8. The monoisotopic (exact) mass is 383 g/mol. The van der Waals surface area contributed by atoms with Crippen LogP contribution in [0.4, 0.5) is 8.78 Å². The third kappa shape index (κ3) is 3.93. The van der Waals surface area contributed by atoms with Crippen LogP contribution >= 0.6 is 0 Å². The van der Waals surface area contributed by atoms with Gasteiger partial charge < -0.3 is 9.73 Å². The van der Waals surface area contributed by atoms with Crippen molar-refractivity contribution in [2.75, 3.05) is 6.54 Å². The zero-order valence-corrected chi connectivity index (χ0v) is 15.1. The lowest BCUT2D eigenvalue weighted by Gasteiger charge is -2.22. The highest BCUT2D eigenvalue weighted by atomic mass is 19.3. The van der Waals surface area contributed by atoms with Crippen LogP contribution in [0, 0.1) is 0 Å². The number of hydrogen-bond donors (Lipinski definition) is 1. The predicted molar refractivity (Wildman–Crippen MR) is 101 cm³/mol. The fraction of sp³-hybridized carbons (Fsp3) is 0.286. The summed E-state index contributed by atoms with van der Waals surface area (Å²) in [5.41, 5.74) is 2.90. The van der Waals surface area contributed by atoms with Crippen LogP contribution in [0.25, 0.3) is 16.5 Å². The van der Waals surface area contributed by atoms with Crippen molar-refractivity contribution in [1.82, 2.24) is 15.3 Å². The van der Waals surface area contributed by atoms with Crippen LogP contribution in [-0.4, -0.2) is 28.3 Å². The Morgan fingerprint density at radius 1 is 1.29 bits per heavy atom. The highest BCUT2D eigenvalue weighted by Crippen LogP contribution is 2.37. The van der Waals surface area contributed by atoms with Crippen LogP contribution < -0.4 is 5.32 Å². The summed E-state index contributed by atoms with van der Waals surface area (Å²) in [5.74, 6) is -2.30. The lowest BCUT2D eigenvalue weighted by molar-refractivity contribution is -0.00602. The largest absolute Gasteiger partial charge is 0.449 e. The van der Waals surface area contributed by atoms with E-state index in [1.165, 1.54) is 12.5 Å². The second kappa shape index (κ2) is 7.50. The van der Waals surface area contributed by atoms with Crippen molar-refractivity contribution in [3.8, 4) is 0 Å². The third-order valence-corrected chi connectivity index (χ3v) is 4.83. The summed E-state index contributed by atoms with van der Waals surface area (Å²) < 4.78 is 32.0. The zero-order valence-electron chi connectivity index (χ0n) is 15.1. The molecule has 1 amide bonds. The quantitative estimate of drug-likeness (QED) is 0.709. The average Bonchev–Trinajstić information content (AvgIpc) is 3.20. The molecule has 1 aromatic carbocycles. The molecule has 0 unspecified atom stereocenters. The van der Waals surface area contributed by atoms with Crippen LogP contribution in [0.5, 0.6) is 0 Å². The SMILES string of the molecule is O=C(NCCc1ncco1)c1cnc2c(C3=CCC(F)(F)CC3)cccc2c1. The lowest BCUT2D eigenvalue weighted by atomic mass is 9.90. The minimum absolute atomic E-state index is 0.153. The molecule has 28 heavy (non-hydrogen) atoms. The first-order valence-corrected chi connectivity index (χ1v) is 9.14.